The van der Waals surface area contributed by atoms with Crippen LogP contribution in [-0.4, -0.2) is 18.5 Å². The standard InChI is InChI=1S/C15H17Cl3O4/c1-4-15(5-2,13(19)21-6-3)14(20)22-11-8-9(16)7-10(17)12(11)18/h7-8H,4-6H2,1-3H3. The van der Waals surface area contributed by atoms with E-state index in [9.17, 15) is 9.59 Å². The van der Waals surface area contributed by atoms with Crippen LogP contribution in [0.1, 0.15) is 33.6 Å². The van der Waals surface area contributed by atoms with Gasteiger partial charge in [-0.15, -0.1) is 0 Å². The molecule has 0 fully saturated rings. The monoisotopic (exact) mass is 366 g/mol. The second kappa shape index (κ2) is 8.04. The van der Waals surface area contributed by atoms with Crippen molar-refractivity contribution in [2.45, 2.75) is 33.6 Å². The molecule has 0 aliphatic carbocycles. The van der Waals surface area contributed by atoms with Gasteiger partial charge in [0.1, 0.15) is 5.02 Å². The highest BCUT2D eigenvalue weighted by atomic mass is 35.5. The van der Waals surface area contributed by atoms with Gasteiger partial charge in [0.2, 0.25) is 0 Å². The molecule has 0 aliphatic rings. The molecule has 4 nitrogen and oxygen atoms in total. The first-order valence-corrected chi connectivity index (χ1v) is 7.99. The summed E-state index contributed by atoms with van der Waals surface area (Å²) in [5.74, 6) is -1.34. The molecular weight excluding hydrogens is 351 g/mol. The Balaban J connectivity index is 3.15. The van der Waals surface area contributed by atoms with Gasteiger partial charge in [-0.1, -0.05) is 48.7 Å². The van der Waals surface area contributed by atoms with Gasteiger partial charge in [0, 0.05) is 11.1 Å². The van der Waals surface area contributed by atoms with Gasteiger partial charge in [0.25, 0.3) is 0 Å². The summed E-state index contributed by atoms with van der Waals surface area (Å²) >= 11 is 17.8. The summed E-state index contributed by atoms with van der Waals surface area (Å²) in [6, 6.07) is 2.80. The molecule has 0 unspecified atom stereocenters. The predicted molar refractivity (Wildman–Crippen MR) is 86.8 cm³/mol. The summed E-state index contributed by atoms with van der Waals surface area (Å²) in [6.07, 6.45) is 0.486. The van der Waals surface area contributed by atoms with Crippen LogP contribution in [0, 0.1) is 5.41 Å². The van der Waals surface area contributed by atoms with Gasteiger partial charge in [0.15, 0.2) is 11.2 Å². The summed E-state index contributed by atoms with van der Waals surface area (Å²) < 4.78 is 10.3. The lowest BCUT2D eigenvalue weighted by Gasteiger charge is -2.26. The molecule has 1 aromatic rings. The minimum absolute atomic E-state index is 0.0136. The smallest absolute Gasteiger partial charge is 0.328 e. The van der Waals surface area contributed by atoms with E-state index < -0.39 is 17.4 Å². The van der Waals surface area contributed by atoms with Gasteiger partial charge in [-0.2, -0.15) is 0 Å². The average molecular weight is 368 g/mol. The molecule has 0 atom stereocenters. The van der Waals surface area contributed by atoms with Crippen LogP contribution in [0.15, 0.2) is 12.1 Å². The molecule has 0 N–H and O–H groups in total. The van der Waals surface area contributed by atoms with E-state index in [2.05, 4.69) is 0 Å². The van der Waals surface area contributed by atoms with Crippen LogP contribution in [0.2, 0.25) is 15.1 Å². The molecule has 122 valence electrons. The van der Waals surface area contributed by atoms with Crippen molar-refractivity contribution in [3.63, 3.8) is 0 Å². The third-order valence-electron chi connectivity index (χ3n) is 3.43. The van der Waals surface area contributed by atoms with Crippen LogP contribution in [0.5, 0.6) is 5.75 Å². The quantitative estimate of drug-likeness (QED) is 0.310. The van der Waals surface area contributed by atoms with E-state index in [1.165, 1.54) is 12.1 Å². The third kappa shape index (κ3) is 3.86. The Hall–Kier alpha value is -0.970. The van der Waals surface area contributed by atoms with E-state index in [1.54, 1.807) is 20.8 Å². The van der Waals surface area contributed by atoms with Crippen molar-refractivity contribution in [2.24, 2.45) is 5.41 Å². The normalized spacial score (nSPS) is 11.2. The number of ether oxygens (including phenoxy) is 2. The van der Waals surface area contributed by atoms with Crippen LogP contribution in [0.3, 0.4) is 0 Å². The SMILES string of the molecule is CCOC(=O)C(CC)(CC)C(=O)Oc1cc(Cl)cc(Cl)c1Cl. The fraction of sp³-hybridized carbons (Fsp3) is 0.467. The fourth-order valence-corrected chi connectivity index (χ4v) is 2.61. The first-order valence-electron chi connectivity index (χ1n) is 6.86. The molecule has 0 bridgehead atoms. The molecule has 22 heavy (non-hydrogen) atoms. The van der Waals surface area contributed by atoms with Gasteiger partial charge in [-0.25, -0.2) is 0 Å². The van der Waals surface area contributed by atoms with E-state index in [1.807, 2.05) is 0 Å². The average Bonchev–Trinajstić information content (AvgIpc) is 2.46. The van der Waals surface area contributed by atoms with E-state index in [-0.39, 0.29) is 40.3 Å². The highest BCUT2D eigenvalue weighted by Crippen LogP contribution is 2.38. The van der Waals surface area contributed by atoms with Crippen molar-refractivity contribution in [3.05, 3.63) is 27.2 Å². The van der Waals surface area contributed by atoms with E-state index in [4.69, 9.17) is 44.3 Å². The van der Waals surface area contributed by atoms with E-state index >= 15 is 0 Å². The zero-order valence-electron chi connectivity index (χ0n) is 12.5. The topological polar surface area (TPSA) is 52.6 Å². The molecule has 0 saturated heterocycles. The molecule has 1 rings (SSSR count). The molecule has 0 aromatic heterocycles. The Morgan fingerprint density at radius 2 is 1.64 bits per heavy atom. The maximum atomic E-state index is 12.5. The van der Waals surface area contributed by atoms with Gasteiger partial charge >= 0.3 is 11.9 Å². The van der Waals surface area contributed by atoms with E-state index in [0.29, 0.717) is 0 Å². The lowest BCUT2D eigenvalue weighted by molar-refractivity contribution is -0.167. The summed E-state index contributed by atoms with van der Waals surface area (Å²) in [5.41, 5.74) is -1.38. The minimum Gasteiger partial charge on any atom is -0.465 e. The van der Waals surface area contributed by atoms with Crippen molar-refractivity contribution >= 4 is 46.7 Å². The second-order valence-corrected chi connectivity index (χ2v) is 5.82. The van der Waals surface area contributed by atoms with Crippen LogP contribution in [0.4, 0.5) is 0 Å². The van der Waals surface area contributed by atoms with Gasteiger partial charge in [0.05, 0.1) is 11.6 Å². The summed E-state index contributed by atoms with van der Waals surface area (Å²) in [7, 11) is 0. The van der Waals surface area contributed by atoms with Gasteiger partial charge in [-0.05, 0) is 25.8 Å². The van der Waals surface area contributed by atoms with E-state index in [0.717, 1.165) is 0 Å². The molecule has 1 aromatic carbocycles. The first-order chi connectivity index (χ1) is 10.3. The Morgan fingerprint density at radius 1 is 1.05 bits per heavy atom. The summed E-state index contributed by atoms with van der Waals surface area (Å²) in [4.78, 5) is 24.7. The number of carbonyl (C=O) groups excluding carboxylic acids is 2. The lowest BCUT2D eigenvalue weighted by Crippen LogP contribution is -2.42. The zero-order valence-corrected chi connectivity index (χ0v) is 14.8. The number of benzene rings is 1. The highest BCUT2D eigenvalue weighted by Gasteiger charge is 2.46. The number of carbonyl (C=O) groups is 2. The summed E-state index contributed by atoms with van der Waals surface area (Å²) in [5, 5.41) is 0.489. The van der Waals surface area contributed by atoms with Crippen molar-refractivity contribution < 1.29 is 19.1 Å². The molecule has 0 heterocycles. The third-order valence-corrected chi connectivity index (χ3v) is 4.43. The van der Waals surface area contributed by atoms with Gasteiger partial charge < -0.3 is 9.47 Å². The largest absolute Gasteiger partial charge is 0.465 e. The van der Waals surface area contributed by atoms with Crippen molar-refractivity contribution in [1.29, 1.82) is 0 Å². The highest BCUT2D eigenvalue weighted by molar-refractivity contribution is 6.44. The number of esters is 2. The van der Waals surface area contributed by atoms with Crippen LogP contribution in [-0.2, 0) is 14.3 Å². The van der Waals surface area contributed by atoms with Crippen LogP contribution >= 0.6 is 34.8 Å². The second-order valence-electron chi connectivity index (χ2n) is 4.60. The van der Waals surface area contributed by atoms with Crippen LogP contribution < -0.4 is 4.74 Å². The predicted octanol–water partition coefficient (Wildman–Crippen LogP) is 4.92. The molecular formula is C15H17Cl3O4. The maximum absolute atomic E-state index is 12.5. The summed E-state index contributed by atoms with van der Waals surface area (Å²) in [6.45, 7) is 5.28. The number of hydrogen-bond donors (Lipinski definition) is 0. The van der Waals surface area contributed by atoms with Crippen molar-refractivity contribution in [3.8, 4) is 5.75 Å². The molecule has 0 radical (unpaired) electrons. The Morgan fingerprint density at radius 3 is 2.14 bits per heavy atom. The molecule has 7 heteroatoms. The van der Waals surface area contributed by atoms with Crippen LogP contribution in [0.25, 0.3) is 0 Å². The lowest BCUT2D eigenvalue weighted by atomic mass is 9.82. The first kappa shape index (κ1) is 19.1. The molecule has 0 amide bonds. The van der Waals surface area contributed by atoms with Gasteiger partial charge in [-0.3, -0.25) is 9.59 Å². The minimum atomic E-state index is -1.38. The Kier molecular flexibility index (Phi) is 6.98. The van der Waals surface area contributed by atoms with Crippen molar-refractivity contribution in [1.82, 2.24) is 0 Å². The number of rotatable bonds is 6. The number of hydrogen-bond acceptors (Lipinski definition) is 4. The molecule has 0 aliphatic heterocycles. The molecule has 0 spiro atoms. The number of halogens is 3. The zero-order chi connectivity index (χ0) is 16.9. The maximum Gasteiger partial charge on any atom is 0.328 e. The molecule has 0 saturated carbocycles. The Labute approximate surface area is 144 Å². The van der Waals surface area contributed by atoms with Crippen molar-refractivity contribution in [2.75, 3.05) is 6.61 Å². The fourth-order valence-electron chi connectivity index (χ4n) is 1.98. The Bertz CT molecular complexity index is 568.